The molecule has 6 aromatic rings. The first kappa shape index (κ1) is 37.6. The van der Waals surface area contributed by atoms with E-state index in [0.717, 1.165) is 57.6 Å². The van der Waals surface area contributed by atoms with Gasteiger partial charge in [0.2, 0.25) is 0 Å². The van der Waals surface area contributed by atoms with Crippen LogP contribution in [0.5, 0.6) is 0 Å². The Hall–Kier alpha value is -5.32. The number of benzene rings is 3. The van der Waals surface area contributed by atoms with Crippen LogP contribution in [0.15, 0.2) is 96.8 Å². The number of hydrogen-bond acceptors (Lipinski definition) is 8. The predicted octanol–water partition coefficient (Wildman–Crippen LogP) is 10.6. The van der Waals surface area contributed by atoms with E-state index < -0.39 is 11.6 Å². The molecule has 0 saturated heterocycles. The molecule has 0 bridgehead atoms. The van der Waals surface area contributed by atoms with Crippen LogP contribution in [0.2, 0.25) is 5.02 Å². The van der Waals surface area contributed by atoms with Gasteiger partial charge in [-0.1, -0.05) is 73.2 Å². The maximum Gasteiger partial charge on any atom is 0.358 e. The molecule has 1 amide bonds. The highest BCUT2D eigenvalue weighted by Gasteiger charge is 2.30. The minimum absolute atomic E-state index is 0.199. The van der Waals surface area contributed by atoms with Crippen LogP contribution in [-0.4, -0.2) is 43.8 Å². The van der Waals surface area contributed by atoms with Crippen molar-refractivity contribution in [3.63, 3.8) is 0 Å². The highest BCUT2D eigenvalue weighted by atomic mass is 35.5. The van der Waals surface area contributed by atoms with E-state index in [4.69, 9.17) is 26.4 Å². The lowest BCUT2D eigenvalue weighted by Gasteiger charge is -2.33. The van der Waals surface area contributed by atoms with Crippen molar-refractivity contribution in [2.75, 3.05) is 16.8 Å². The van der Waals surface area contributed by atoms with Crippen LogP contribution in [0.25, 0.3) is 26.9 Å². The standard InChI is InChI=1S/C45H45ClN6O3S/c1-44(2,3)55-42(54)40-33(31-24-47-52(26-31)25-30-19-21-45(4,5)23-35(30)29-13-15-32(46)16-14-29)17-18-39(49-40)51-22-20-28-9-8-10-34(36(28)27-51)41(53)50-43-48-37-11-6-7-12-38(37)56-43/h6-18,24,26H,19-23,25,27H2,1-5H3,(H,48,50,53). The number of thiazole rings is 1. The first-order valence-electron chi connectivity index (χ1n) is 19.1. The average Bonchev–Trinajstić information content (AvgIpc) is 3.81. The summed E-state index contributed by atoms with van der Waals surface area (Å²) in [4.78, 5) is 39.3. The van der Waals surface area contributed by atoms with E-state index in [0.29, 0.717) is 41.7 Å². The highest BCUT2D eigenvalue weighted by molar-refractivity contribution is 7.22. The number of para-hydroxylation sites is 1. The van der Waals surface area contributed by atoms with Gasteiger partial charge in [0, 0.05) is 41.0 Å². The smallest absolute Gasteiger partial charge is 0.358 e. The summed E-state index contributed by atoms with van der Waals surface area (Å²) in [6.45, 7) is 12.0. The summed E-state index contributed by atoms with van der Waals surface area (Å²) in [6, 6.07) is 25.7. The van der Waals surface area contributed by atoms with Crippen LogP contribution in [0, 0.1) is 5.41 Å². The Morgan fingerprint density at radius 3 is 2.54 bits per heavy atom. The van der Waals surface area contributed by atoms with Crippen LogP contribution in [0.4, 0.5) is 10.9 Å². The number of esters is 1. The fourth-order valence-electron chi connectivity index (χ4n) is 7.67. The van der Waals surface area contributed by atoms with Gasteiger partial charge in [-0.2, -0.15) is 5.10 Å². The lowest BCUT2D eigenvalue weighted by molar-refractivity contribution is 0.00638. The first-order chi connectivity index (χ1) is 26.8. The number of rotatable bonds is 8. The number of fused-ring (bicyclic) bond motifs is 2. The highest BCUT2D eigenvalue weighted by Crippen LogP contribution is 2.44. The molecule has 3 aromatic carbocycles. The number of amides is 1. The topological polar surface area (TPSA) is 102 Å². The van der Waals surface area contributed by atoms with E-state index in [9.17, 15) is 9.59 Å². The molecule has 1 aliphatic carbocycles. The molecular weight excluding hydrogens is 740 g/mol. The molecule has 0 unspecified atom stereocenters. The molecule has 0 fully saturated rings. The number of ether oxygens (including phenoxy) is 1. The van der Waals surface area contributed by atoms with Crippen LogP contribution in [-0.2, 0) is 24.2 Å². The van der Waals surface area contributed by atoms with E-state index in [1.165, 1.54) is 28.0 Å². The Bertz CT molecular complexity index is 2460. The maximum absolute atomic E-state index is 13.9. The van der Waals surface area contributed by atoms with Crippen molar-refractivity contribution in [2.45, 2.75) is 79.0 Å². The Kier molecular flexibility index (Phi) is 10.1. The molecule has 0 radical (unpaired) electrons. The molecule has 3 aromatic heterocycles. The molecule has 11 heteroatoms. The quantitative estimate of drug-likeness (QED) is 0.153. The third-order valence-electron chi connectivity index (χ3n) is 10.5. The number of hydrogen-bond donors (Lipinski definition) is 1. The zero-order valence-corrected chi connectivity index (χ0v) is 33.9. The summed E-state index contributed by atoms with van der Waals surface area (Å²) < 4.78 is 8.88. The molecule has 9 nitrogen and oxygen atoms in total. The number of anilines is 2. The number of pyridine rings is 1. The van der Waals surface area contributed by atoms with Gasteiger partial charge in [0.1, 0.15) is 11.4 Å². The second kappa shape index (κ2) is 15.0. The number of aromatic nitrogens is 4. The summed E-state index contributed by atoms with van der Waals surface area (Å²) >= 11 is 7.70. The van der Waals surface area contributed by atoms with Crippen molar-refractivity contribution in [1.29, 1.82) is 0 Å². The van der Waals surface area contributed by atoms with E-state index in [-0.39, 0.29) is 17.0 Å². The number of allylic oxidation sites excluding steroid dienone is 2. The van der Waals surface area contributed by atoms with Crippen molar-refractivity contribution in [3.05, 3.63) is 130 Å². The summed E-state index contributed by atoms with van der Waals surface area (Å²) in [7, 11) is 0. The molecule has 8 rings (SSSR count). The largest absolute Gasteiger partial charge is 0.455 e. The summed E-state index contributed by atoms with van der Waals surface area (Å²) in [5.41, 5.74) is 8.53. The minimum atomic E-state index is -0.717. The van der Waals surface area contributed by atoms with E-state index in [1.807, 2.05) is 92.3 Å². The van der Waals surface area contributed by atoms with Crippen molar-refractivity contribution in [2.24, 2.45) is 5.41 Å². The molecule has 4 heterocycles. The van der Waals surface area contributed by atoms with Crippen LogP contribution >= 0.6 is 22.9 Å². The van der Waals surface area contributed by atoms with Gasteiger partial charge in [-0.25, -0.2) is 14.8 Å². The van der Waals surface area contributed by atoms with Gasteiger partial charge in [-0.05, 0) is 122 Å². The van der Waals surface area contributed by atoms with Gasteiger partial charge in [-0.3, -0.25) is 14.8 Å². The number of nitrogens with zero attached hydrogens (tertiary/aromatic N) is 5. The van der Waals surface area contributed by atoms with Gasteiger partial charge in [0.25, 0.3) is 5.91 Å². The van der Waals surface area contributed by atoms with Gasteiger partial charge >= 0.3 is 5.97 Å². The molecule has 286 valence electrons. The molecular formula is C45H45ClN6O3S. The SMILES string of the molecule is CC1(C)CCC(Cn2cc(-c3ccc(N4CCc5cccc(C(=O)Nc6nc7ccccc7s6)c5C4)nc3C(=O)OC(C)(C)C)cn2)=C(c2ccc(Cl)cc2)C1. The summed E-state index contributed by atoms with van der Waals surface area (Å²) in [6.07, 6.45) is 7.56. The Morgan fingerprint density at radius 2 is 1.75 bits per heavy atom. The molecule has 0 spiro atoms. The molecule has 1 N–H and O–H groups in total. The van der Waals surface area contributed by atoms with E-state index in [2.05, 4.69) is 47.2 Å². The van der Waals surface area contributed by atoms with Crippen LogP contribution in [0.3, 0.4) is 0 Å². The third kappa shape index (κ3) is 8.13. The van der Waals surface area contributed by atoms with Crippen LogP contribution in [0.1, 0.15) is 91.4 Å². The van der Waals surface area contributed by atoms with Gasteiger partial charge < -0.3 is 9.64 Å². The summed E-state index contributed by atoms with van der Waals surface area (Å²) in [5.74, 6) is -0.0696. The zero-order valence-electron chi connectivity index (χ0n) is 32.4. The first-order valence-corrected chi connectivity index (χ1v) is 20.2. The fourth-order valence-corrected chi connectivity index (χ4v) is 8.65. The Balaban J connectivity index is 1.08. The molecule has 1 aliphatic heterocycles. The Labute approximate surface area is 336 Å². The number of carbonyl (C=O) groups excluding carboxylic acids is 2. The monoisotopic (exact) mass is 784 g/mol. The molecule has 0 saturated carbocycles. The summed E-state index contributed by atoms with van der Waals surface area (Å²) in [5, 5.41) is 9.09. The number of carbonyl (C=O) groups is 2. The van der Waals surface area contributed by atoms with Crippen molar-refractivity contribution >= 4 is 61.6 Å². The number of halogens is 1. The molecule has 0 atom stereocenters. The lowest BCUT2D eigenvalue weighted by atomic mass is 9.72. The molecule has 2 aliphatic rings. The van der Waals surface area contributed by atoms with E-state index in [1.54, 1.807) is 6.20 Å². The minimum Gasteiger partial charge on any atom is -0.455 e. The lowest BCUT2D eigenvalue weighted by Crippen LogP contribution is -2.33. The van der Waals surface area contributed by atoms with Crippen molar-refractivity contribution < 1.29 is 14.3 Å². The van der Waals surface area contributed by atoms with Gasteiger partial charge in [0.05, 0.1) is 23.0 Å². The van der Waals surface area contributed by atoms with E-state index >= 15 is 0 Å². The normalized spacial score (nSPS) is 15.5. The number of nitrogens with one attached hydrogen (secondary N) is 1. The van der Waals surface area contributed by atoms with Gasteiger partial charge in [-0.15, -0.1) is 0 Å². The second-order valence-corrected chi connectivity index (χ2v) is 17.9. The second-order valence-electron chi connectivity index (χ2n) is 16.5. The third-order valence-corrected chi connectivity index (χ3v) is 11.7. The predicted molar refractivity (Wildman–Crippen MR) is 225 cm³/mol. The molecule has 56 heavy (non-hydrogen) atoms. The van der Waals surface area contributed by atoms with Crippen molar-refractivity contribution in [3.8, 4) is 11.1 Å². The maximum atomic E-state index is 13.9. The van der Waals surface area contributed by atoms with Crippen LogP contribution < -0.4 is 10.2 Å². The van der Waals surface area contributed by atoms with Gasteiger partial charge in [0.15, 0.2) is 10.8 Å². The average molecular weight is 785 g/mol. The fraction of sp³-hybridized carbons (Fsp3) is 0.311. The van der Waals surface area contributed by atoms with Crippen molar-refractivity contribution in [1.82, 2.24) is 19.7 Å². The zero-order chi connectivity index (χ0) is 39.2. The Morgan fingerprint density at radius 1 is 0.946 bits per heavy atom.